The first kappa shape index (κ1) is 28.4. The molecule has 0 bridgehead atoms. The summed E-state index contributed by atoms with van der Waals surface area (Å²) < 4.78 is 5.80. The molecule has 8 nitrogen and oxygen atoms in total. The van der Waals surface area contributed by atoms with Gasteiger partial charge in [0.05, 0.1) is 6.42 Å². The van der Waals surface area contributed by atoms with Gasteiger partial charge in [-0.05, 0) is 40.7 Å². The van der Waals surface area contributed by atoms with E-state index < -0.39 is 23.6 Å². The van der Waals surface area contributed by atoms with Crippen LogP contribution in [-0.4, -0.2) is 59.3 Å². The molecular weight excluding hydrogens is 518 g/mol. The highest BCUT2D eigenvalue weighted by atomic mass is 16.5. The lowest BCUT2D eigenvalue weighted by Gasteiger charge is -2.31. The Morgan fingerprint density at radius 1 is 0.976 bits per heavy atom. The Bertz CT molecular complexity index is 1350. The smallest absolute Gasteiger partial charge is 0.408 e. The third kappa shape index (κ3) is 6.43. The second-order valence-corrected chi connectivity index (χ2v) is 11.0. The summed E-state index contributed by atoms with van der Waals surface area (Å²) in [5, 5.41) is 15.2. The minimum Gasteiger partial charge on any atom is -0.481 e. The second-order valence-electron chi connectivity index (χ2n) is 11.0. The standard InChI is InChI=1S/C33H37N3O5/c1-2-10-24(19-30(37)38)34-31(39)33(17-18-36(22-33)20-23-11-4-3-5-12-23)35-32(40)41-21-29-27-15-8-6-13-25(27)26-14-7-9-16-28(26)29/h3-9,11-16,24,29H,2,10,17-22H2,1H3,(H,34,39)(H,35,40)(H,37,38)/t24-,33?/m0/s1. The van der Waals surface area contributed by atoms with E-state index in [-0.39, 0.29) is 24.9 Å². The van der Waals surface area contributed by atoms with Crippen LogP contribution >= 0.6 is 0 Å². The molecule has 3 aromatic rings. The van der Waals surface area contributed by atoms with E-state index in [1.165, 1.54) is 0 Å². The number of carbonyl (C=O) groups excluding carboxylic acids is 2. The van der Waals surface area contributed by atoms with Gasteiger partial charge in [0, 0.05) is 31.6 Å². The highest BCUT2D eigenvalue weighted by Gasteiger charge is 2.47. The van der Waals surface area contributed by atoms with Crippen LogP contribution in [0.4, 0.5) is 4.79 Å². The van der Waals surface area contributed by atoms with Crippen LogP contribution in [0.25, 0.3) is 11.1 Å². The molecule has 2 aliphatic rings. The maximum atomic E-state index is 13.8. The third-order valence-corrected chi connectivity index (χ3v) is 8.11. The first-order valence-electron chi connectivity index (χ1n) is 14.3. The van der Waals surface area contributed by atoms with Crippen LogP contribution in [0, 0.1) is 0 Å². The van der Waals surface area contributed by atoms with E-state index in [2.05, 4.69) is 39.8 Å². The lowest BCUT2D eigenvalue weighted by atomic mass is 9.96. The van der Waals surface area contributed by atoms with Crippen molar-refractivity contribution in [1.82, 2.24) is 15.5 Å². The number of aliphatic carboxylic acids is 1. The predicted molar refractivity (Wildman–Crippen MR) is 156 cm³/mol. The summed E-state index contributed by atoms with van der Waals surface area (Å²) in [6.45, 7) is 3.62. The van der Waals surface area contributed by atoms with E-state index in [4.69, 9.17) is 4.74 Å². The average Bonchev–Trinajstić information content (AvgIpc) is 3.51. The van der Waals surface area contributed by atoms with Gasteiger partial charge in [0.1, 0.15) is 12.1 Å². The van der Waals surface area contributed by atoms with Gasteiger partial charge in [-0.2, -0.15) is 0 Å². The number of carboxylic acid groups (broad SMARTS) is 1. The molecule has 3 aromatic carbocycles. The van der Waals surface area contributed by atoms with E-state index in [0.29, 0.717) is 32.5 Å². The number of alkyl carbamates (subject to hydrolysis) is 1. The van der Waals surface area contributed by atoms with E-state index in [1.807, 2.05) is 61.5 Å². The number of carboxylic acids is 1. The van der Waals surface area contributed by atoms with Crippen LogP contribution in [-0.2, 0) is 20.9 Å². The predicted octanol–water partition coefficient (Wildman–Crippen LogP) is 4.93. The molecule has 1 unspecified atom stereocenters. The Morgan fingerprint density at radius 3 is 2.24 bits per heavy atom. The fourth-order valence-electron chi connectivity index (χ4n) is 6.15. The molecule has 1 fully saturated rings. The molecule has 0 radical (unpaired) electrons. The number of likely N-dealkylation sites (tertiary alicyclic amines) is 1. The third-order valence-electron chi connectivity index (χ3n) is 8.11. The van der Waals surface area contributed by atoms with E-state index in [0.717, 1.165) is 34.2 Å². The quantitative estimate of drug-likeness (QED) is 0.310. The van der Waals surface area contributed by atoms with Gasteiger partial charge < -0.3 is 20.5 Å². The number of rotatable bonds is 11. The van der Waals surface area contributed by atoms with E-state index >= 15 is 0 Å². The number of hydrogen-bond donors (Lipinski definition) is 3. The van der Waals surface area contributed by atoms with Crippen molar-refractivity contribution < 1.29 is 24.2 Å². The summed E-state index contributed by atoms with van der Waals surface area (Å²) >= 11 is 0. The van der Waals surface area contributed by atoms with Crippen molar-refractivity contribution in [3.8, 4) is 11.1 Å². The second kappa shape index (κ2) is 12.6. The molecule has 2 atom stereocenters. The molecule has 214 valence electrons. The Balaban J connectivity index is 1.31. The highest BCUT2D eigenvalue weighted by Crippen LogP contribution is 2.44. The first-order valence-corrected chi connectivity index (χ1v) is 14.3. The van der Waals surface area contributed by atoms with Crippen molar-refractivity contribution in [1.29, 1.82) is 0 Å². The van der Waals surface area contributed by atoms with E-state index in [1.54, 1.807) is 0 Å². The molecule has 1 aliphatic heterocycles. The Morgan fingerprint density at radius 2 is 1.61 bits per heavy atom. The Hall–Kier alpha value is -4.17. The topological polar surface area (TPSA) is 108 Å². The molecule has 0 saturated carbocycles. The average molecular weight is 556 g/mol. The SMILES string of the molecule is CCC[C@@H](CC(=O)O)NC(=O)C1(NC(=O)OCC2c3ccccc3-c3ccccc32)CCN(Cc2ccccc2)C1. The Labute approximate surface area is 240 Å². The molecule has 1 heterocycles. The lowest BCUT2D eigenvalue weighted by molar-refractivity contribution is -0.138. The maximum absolute atomic E-state index is 13.8. The van der Waals surface area contributed by atoms with Crippen molar-refractivity contribution >= 4 is 18.0 Å². The molecular formula is C33H37N3O5. The normalized spacial score (nSPS) is 18.8. The van der Waals surface area contributed by atoms with Crippen LogP contribution in [0.1, 0.15) is 55.2 Å². The first-order chi connectivity index (χ1) is 19.9. The minimum atomic E-state index is -1.23. The summed E-state index contributed by atoms with van der Waals surface area (Å²) in [5.41, 5.74) is 4.38. The van der Waals surface area contributed by atoms with Crippen LogP contribution in [0.5, 0.6) is 0 Å². The van der Waals surface area contributed by atoms with Crippen molar-refractivity contribution in [2.45, 2.75) is 56.7 Å². The van der Waals surface area contributed by atoms with Gasteiger partial charge in [-0.3, -0.25) is 14.5 Å². The van der Waals surface area contributed by atoms with E-state index in [9.17, 15) is 19.5 Å². The van der Waals surface area contributed by atoms with Gasteiger partial charge in [0.15, 0.2) is 0 Å². The van der Waals surface area contributed by atoms with Crippen molar-refractivity contribution in [3.05, 3.63) is 95.6 Å². The number of hydrogen-bond acceptors (Lipinski definition) is 5. The highest BCUT2D eigenvalue weighted by molar-refractivity contribution is 5.91. The summed E-state index contributed by atoms with van der Waals surface area (Å²) in [6, 6.07) is 25.7. The largest absolute Gasteiger partial charge is 0.481 e. The molecule has 0 spiro atoms. The number of amides is 2. The lowest BCUT2D eigenvalue weighted by Crippen LogP contribution is -2.62. The fraction of sp³-hybridized carbons (Fsp3) is 0.364. The number of ether oxygens (including phenoxy) is 1. The van der Waals surface area contributed by atoms with Gasteiger partial charge in [0.25, 0.3) is 0 Å². The molecule has 41 heavy (non-hydrogen) atoms. The summed E-state index contributed by atoms with van der Waals surface area (Å²) in [4.78, 5) is 40.6. The Kier molecular flexibility index (Phi) is 8.69. The number of nitrogens with zero attached hydrogens (tertiary/aromatic N) is 1. The number of benzene rings is 3. The summed E-state index contributed by atoms with van der Waals surface area (Å²) in [7, 11) is 0. The monoisotopic (exact) mass is 555 g/mol. The number of fused-ring (bicyclic) bond motifs is 3. The van der Waals surface area contributed by atoms with Crippen molar-refractivity contribution in [2.24, 2.45) is 0 Å². The van der Waals surface area contributed by atoms with Crippen LogP contribution in [0.2, 0.25) is 0 Å². The van der Waals surface area contributed by atoms with Crippen LogP contribution in [0.3, 0.4) is 0 Å². The maximum Gasteiger partial charge on any atom is 0.408 e. The number of carbonyl (C=O) groups is 3. The summed E-state index contributed by atoms with van der Waals surface area (Å²) in [6.07, 6.45) is 0.822. The summed E-state index contributed by atoms with van der Waals surface area (Å²) in [5.74, 6) is -1.44. The minimum absolute atomic E-state index is 0.0967. The molecule has 1 saturated heterocycles. The molecule has 2 amide bonds. The van der Waals surface area contributed by atoms with Gasteiger partial charge in [-0.1, -0.05) is 92.2 Å². The van der Waals surface area contributed by atoms with Gasteiger partial charge in [-0.15, -0.1) is 0 Å². The van der Waals surface area contributed by atoms with Crippen LogP contribution < -0.4 is 10.6 Å². The van der Waals surface area contributed by atoms with Crippen molar-refractivity contribution in [2.75, 3.05) is 19.7 Å². The van der Waals surface area contributed by atoms with Gasteiger partial charge >= 0.3 is 12.1 Å². The van der Waals surface area contributed by atoms with Crippen molar-refractivity contribution in [3.63, 3.8) is 0 Å². The zero-order valence-electron chi connectivity index (χ0n) is 23.3. The van der Waals surface area contributed by atoms with Gasteiger partial charge in [0.2, 0.25) is 5.91 Å². The number of nitrogens with one attached hydrogen (secondary N) is 2. The zero-order valence-corrected chi connectivity index (χ0v) is 23.3. The molecule has 0 aromatic heterocycles. The fourth-order valence-corrected chi connectivity index (χ4v) is 6.15. The molecule has 5 rings (SSSR count). The molecule has 1 aliphatic carbocycles. The van der Waals surface area contributed by atoms with Crippen LogP contribution in [0.15, 0.2) is 78.9 Å². The van der Waals surface area contributed by atoms with Gasteiger partial charge in [-0.25, -0.2) is 4.79 Å². The zero-order chi connectivity index (χ0) is 28.8. The molecule has 8 heteroatoms. The molecule has 3 N–H and O–H groups in total.